The van der Waals surface area contributed by atoms with Gasteiger partial charge in [0, 0.05) is 42.9 Å². The Morgan fingerprint density at radius 3 is 2.72 bits per heavy atom. The highest BCUT2D eigenvalue weighted by Gasteiger charge is 2.29. The molecule has 5 nitrogen and oxygen atoms in total. The zero-order valence-electron chi connectivity index (χ0n) is 22.5. The second kappa shape index (κ2) is 10.8. The van der Waals surface area contributed by atoms with Crippen LogP contribution in [0, 0.1) is 0 Å². The minimum atomic E-state index is -0.629. The number of thiazole rings is 1. The number of ketones is 1. The third-order valence-electron chi connectivity index (χ3n) is 8.89. The molecule has 204 valence electrons. The van der Waals surface area contributed by atoms with Crippen molar-refractivity contribution >= 4 is 32.3 Å². The van der Waals surface area contributed by atoms with Gasteiger partial charge in [-0.3, -0.25) is 9.20 Å². The minimum Gasteiger partial charge on any atom is -0.310 e. The highest BCUT2D eigenvalue weighted by Crippen LogP contribution is 2.46. The number of halogens is 1. The number of likely N-dealkylation sites (tertiary alicyclic amines) is 1. The first-order valence-corrected chi connectivity index (χ1v) is 15.6. The average molecular weight is 545 g/mol. The van der Waals surface area contributed by atoms with Gasteiger partial charge in [-0.05, 0) is 99.7 Å². The smallest absolute Gasteiger partial charge is 0.195 e. The molecule has 1 atom stereocenters. The predicted octanol–water partition coefficient (Wildman–Crippen LogP) is 7.30. The molecule has 2 aromatic carbocycles. The van der Waals surface area contributed by atoms with Gasteiger partial charge in [0.2, 0.25) is 0 Å². The molecule has 0 radical (unpaired) electrons. The number of nitrogens with one attached hydrogen (secondary N) is 1. The van der Waals surface area contributed by atoms with E-state index in [-0.39, 0.29) is 5.78 Å². The number of rotatable bonds is 9. The van der Waals surface area contributed by atoms with Crippen LogP contribution >= 0.6 is 11.3 Å². The van der Waals surface area contributed by atoms with Crippen molar-refractivity contribution < 1.29 is 9.18 Å². The quantitative estimate of drug-likeness (QED) is 0.177. The molecule has 7 heteroatoms. The molecule has 2 aliphatic heterocycles. The number of hydrogen-bond donors (Lipinski definition) is 1. The maximum absolute atomic E-state index is 13.3. The number of fused-ring (bicyclic) bond motifs is 3. The maximum Gasteiger partial charge on any atom is 0.195 e. The number of unbranched alkanes of at least 4 members (excludes halogenated alkanes) is 1. The fraction of sp³-hybridized carbons (Fsp3) is 0.500. The summed E-state index contributed by atoms with van der Waals surface area (Å²) in [6.45, 7) is 3.77. The highest BCUT2D eigenvalue weighted by molar-refractivity contribution is 7.23. The summed E-state index contributed by atoms with van der Waals surface area (Å²) in [7, 11) is 0. The van der Waals surface area contributed by atoms with E-state index in [1.807, 2.05) is 12.1 Å². The van der Waals surface area contributed by atoms with Gasteiger partial charge in [-0.15, -0.1) is 0 Å². The maximum atomic E-state index is 13.3. The van der Waals surface area contributed by atoms with E-state index in [4.69, 9.17) is 4.98 Å². The van der Waals surface area contributed by atoms with Gasteiger partial charge in [0.05, 0.1) is 15.9 Å². The van der Waals surface area contributed by atoms with Crippen molar-refractivity contribution in [3.63, 3.8) is 0 Å². The van der Waals surface area contributed by atoms with Crippen molar-refractivity contribution in [2.45, 2.75) is 75.9 Å². The van der Waals surface area contributed by atoms with E-state index in [9.17, 15) is 9.18 Å². The third kappa shape index (κ3) is 5.29. The summed E-state index contributed by atoms with van der Waals surface area (Å²) in [5.41, 5.74) is 7.09. The Labute approximate surface area is 233 Å². The first-order valence-electron chi connectivity index (χ1n) is 14.8. The molecule has 0 bridgehead atoms. The van der Waals surface area contributed by atoms with Crippen LogP contribution in [0.2, 0.25) is 0 Å². The molecule has 4 heterocycles. The van der Waals surface area contributed by atoms with Crippen molar-refractivity contribution in [2.24, 2.45) is 0 Å². The van der Waals surface area contributed by atoms with Gasteiger partial charge >= 0.3 is 0 Å². The summed E-state index contributed by atoms with van der Waals surface area (Å²) < 4.78 is 16.6. The summed E-state index contributed by atoms with van der Waals surface area (Å²) >= 11 is 1.66. The van der Waals surface area contributed by atoms with E-state index in [0.29, 0.717) is 31.2 Å². The molecule has 4 aromatic rings. The van der Waals surface area contributed by atoms with Gasteiger partial charge in [0.15, 0.2) is 10.7 Å². The van der Waals surface area contributed by atoms with Crippen molar-refractivity contribution in [1.82, 2.24) is 19.6 Å². The Kier molecular flexibility index (Phi) is 6.99. The number of piperidine rings is 1. The number of carbonyl (C=O) groups excluding carboxylic acids is 1. The lowest BCUT2D eigenvalue weighted by Gasteiger charge is -2.28. The summed E-state index contributed by atoms with van der Waals surface area (Å²) in [5, 5.41) is 3.64. The zero-order valence-corrected chi connectivity index (χ0v) is 23.3. The van der Waals surface area contributed by atoms with Gasteiger partial charge in [0.1, 0.15) is 6.17 Å². The normalized spacial score (nSPS) is 20.9. The van der Waals surface area contributed by atoms with Gasteiger partial charge < -0.3 is 10.2 Å². The van der Waals surface area contributed by atoms with Gasteiger partial charge in [-0.1, -0.05) is 29.5 Å². The molecule has 0 amide bonds. The zero-order chi connectivity index (χ0) is 26.3. The van der Waals surface area contributed by atoms with Crippen LogP contribution in [0.1, 0.15) is 91.2 Å². The molecule has 39 heavy (non-hydrogen) atoms. The fourth-order valence-electron chi connectivity index (χ4n) is 6.43. The summed E-state index contributed by atoms with van der Waals surface area (Å²) in [5.74, 6) is 0.866. The molecule has 0 spiro atoms. The number of imidazole rings is 1. The van der Waals surface area contributed by atoms with Crippen LogP contribution in [-0.4, -0.2) is 52.4 Å². The summed E-state index contributed by atoms with van der Waals surface area (Å²) in [6, 6.07) is 13.6. The van der Waals surface area contributed by atoms with Crippen LogP contribution in [0.5, 0.6) is 0 Å². The Morgan fingerprint density at radius 1 is 1.05 bits per heavy atom. The van der Waals surface area contributed by atoms with Crippen LogP contribution in [0.4, 0.5) is 4.39 Å². The lowest BCUT2D eigenvalue weighted by molar-refractivity contribution is 0.0976. The Morgan fingerprint density at radius 2 is 1.92 bits per heavy atom. The Balaban J connectivity index is 1.05. The molecule has 1 aliphatic carbocycles. The van der Waals surface area contributed by atoms with Crippen LogP contribution in [0.3, 0.4) is 0 Å². The first kappa shape index (κ1) is 25.4. The molecule has 2 aromatic heterocycles. The standard InChI is InChI=1S/C32H37FN4OS/c33-24-12-16-36(17-13-24)15-2-1-5-30(38)23-9-11-29-31(19-23)39-32-35-28(20-37(29)32)25-10-8-22(27-4-3-14-34-27)18-26(25)21-6-7-21/h8-11,18-21,24,27,34H,1-7,12-17H2/t27-/m0/s1. The van der Waals surface area contributed by atoms with E-state index in [2.05, 4.69) is 45.1 Å². The monoisotopic (exact) mass is 544 g/mol. The van der Waals surface area contributed by atoms with Crippen LogP contribution in [0.25, 0.3) is 26.4 Å². The summed E-state index contributed by atoms with van der Waals surface area (Å²) in [4.78, 5) is 21.3. The van der Waals surface area contributed by atoms with Crippen LogP contribution < -0.4 is 5.32 Å². The molecular formula is C32H37FN4OS. The van der Waals surface area contributed by atoms with E-state index in [1.165, 1.54) is 42.4 Å². The number of benzene rings is 2. The SMILES string of the molecule is O=C(CCCCN1CCC(F)CC1)c1ccc2c(c1)sc1nc(-c3ccc([C@@H]4CCCN4)cc3C3CC3)cn12. The van der Waals surface area contributed by atoms with E-state index in [0.717, 1.165) is 65.5 Å². The lowest BCUT2D eigenvalue weighted by atomic mass is 9.95. The topological polar surface area (TPSA) is 49.6 Å². The Hall–Kier alpha value is -2.61. The van der Waals surface area contributed by atoms with Crippen LogP contribution in [-0.2, 0) is 0 Å². The number of alkyl halides is 1. The number of nitrogens with zero attached hydrogens (tertiary/aromatic N) is 3. The number of carbonyl (C=O) groups is 1. The molecule has 1 N–H and O–H groups in total. The number of aromatic nitrogens is 2. The molecule has 3 aliphatic rings. The van der Waals surface area contributed by atoms with Gasteiger partial charge in [-0.25, -0.2) is 9.37 Å². The molecule has 3 fully saturated rings. The lowest BCUT2D eigenvalue weighted by Crippen LogP contribution is -2.35. The second-order valence-electron chi connectivity index (χ2n) is 11.7. The van der Waals surface area contributed by atoms with E-state index >= 15 is 0 Å². The predicted molar refractivity (Wildman–Crippen MR) is 157 cm³/mol. The minimum absolute atomic E-state index is 0.206. The summed E-state index contributed by atoms with van der Waals surface area (Å²) in [6.07, 6.45) is 10.3. The molecule has 1 saturated carbocycles. The molecule has 2 saturated heterocycles. The average Bonchev–Trinajstić information content (AvgIpc) is 3.34. The van der Waals surface area contributed by atoms with E-state index < -0.39 is 6.17 Å². The van der Waals surface area contributed by atoms with Crippen molar-refractivity contribution in [3.8, 4) is 11.3 Å². The third-order valence-corrected chi connectivity index (χ3v) is 9.91. The molecule has 7 rings (SSSR count). The molecular weight excluding hydrogens is 507 g/mol. The number of hydrogen-bond acceptors (Lipinski definition) is 5. The van der Waals surface area contributed by atoms with Crippen molar-refractivity contribution in [3.05, 3.63) is 59.3 Å². The van der Waals surface area contributed by atoms with Gasteiger partial charge in [-0.2, -0.15) is 0 Å². The first-order chi connectivity index (χ1) is 19.1. The molecule has 0 unspecified atom stereocenters. The fourth-order valence-corrected chi connectivity index (χ4v) is 7.47. The Bertz CT molecular complexity index is 1490. The largest absolute Gasteiger partial charge is 0.310 e. The second-order valence-corrected chi connectivity index (χ2v) is 12.7. The van der Waals surface area contributed by atoms with Gasteiger partial charge in [0.25, 0.3) is 0 Å². The van der Waals surface area contributed by atoms with E-state index in [1.54, 1.807) is 11.3 Å². The van der Waals surface area contributed by atoms with Crippen molar-refractivity contribution in [2.75, 3.05) is 26.2 Å². The van der Waals surface area contributed by atoms with Crippen LogP contribution in [0.15, 0.2) is 42.6 Å². The van der Waals surface area contributed by atoms with Crippen molar-refractivity contribution in [1.29, 1.82) is 0 Å². The number of Topliss-reactive ketones (excluding diaryl/α,β-unsaturated/α-hetero) is 1. The highest BCUT2D eigenvalue weighted by atomic mass is 32.1.